The summed E-state index contributed by atoms with van der Waals surface area (Å²) in [5.74, 6) is 0. The summed E-state index contributed by atoms with van der Waals surface area (Å²) in [4.78, 5) is 4.60. The van der Waals surface area contributed by atoms with Crippen LogP contribution in [0, 0.1) is 5.41 Å². The van der Waals surface area contributed by atoms with E-state index in [1.165, 1.54) is 4.70 Å². The Labute approximate surface area is 105 Å². The molecule has 3 heteroatoms. The summed E-state index contributed by atoms with van der Waals surface area (Å²) in [5, 5.41) is 1.27. The van der Waals surface area contributed by atoms with Gasteiger partial charge in [-0.15, -0.1) is 22.9 Å². The SMILES string of the molecule is CC(C)(C)C(Cl)Cc1nc2ccccc2s1. The first-order valence-electron chi connectivity index (χ1n) is 5.45. The van der Waals surface area contributed by atoms with E-state index in [0.717, 1.165) is 16.9 Å². The Bertz CT molecular complexity index is 451. The van der Waals surface area contributed by atoms with Crippen LogP contribution < -0.4 is 0 Å². The number of hydrogen-bond acceptors (Lipinski definition) is 2. The maximum Gasteiger partial charge on any atom is 0.0953 e. The van der Waals surface area contributed by atoms with Gasteiger partial charge in [0.15, 0.2) is 0 Å². The summed E-state index contributed by atoms with van der Waals surface area (Å²) in [5.41, 5.74) is 1.21. The predicted octanol–water partition coefficient (Wildman–Crippen LogP) is 4.49. The van der Waals surface area contributed by atoms with E-state index in [1.807, 2.05) is 12.1 Å². The number of alkyl halides is 1. The second kappa shape index (κ2) is 4.34. The Morgan fingerprint density at radius 2 is 2.00 bits per heavy atom. The van der Waals surface area contributed by atoms with Crippen LogP contribution in [0.4, 0.5) is 0 Å². The molecule has 1 unspecified atom stereocenters. The van der Waals surface area contributed by atoms with Crippen molar-refractivity contribution in [3.63, 3.8) is 0 Å². The zero-order valence-electron chi connectivity index (χ0n) is 9.83. The summed E-state index contributed by atoms with van der Waals surface area (Å²) >= 11 is 8.13. The van der Waals surface area contributed by atoms with E-state index in [2.05, 4.69) is 37.9 Å². The number of para-hydroxylation sites is 1. The molecule has 0 aliphatic heterocycles. The molecule has 2 aromatic rings. The van der Waals surface area contributed by atoms with E-state index < -0.39 is 0 Å². The number of fused-ring (bicyclic) bond motifs is 1. The van der Waals surface area contributed by atoms with Crippen molar-refractivity contribution in [2.24, 2.45) is 5.41 Å². The minimum absolute atomic E-state index is 0.124. The van der Waals surface area contributed by atoms with E-state index in [1.54, 1.807) is 11.3 Å². The van der Waals surface area contributed by atoms with Gasteiger partial charge in [-0.2, -0.15) is 0 Å². The van der Waals surface area contributed by atoms with Gasteiger partial charge in [-0.3, -0.25) is 0 Å². The molecule has 0 spiro atoms. The summed E-state index contributed by atoms with van der Waals surface area (Å²) in [6.07, 6.45) is 0.852. The molecule has 0 amide bonds. The van der Waals surface area contributed by atoms with E-state index in [0.29, 0.717) is 0 Å². The number of aromatic nitrogens is 1. The van der Waals surface area contributed by atoms with Gasteiger partial charge in [-0.1, -0.05) is 32.9 Å². The van der Waals surface area contributed by atoms with Gasteiger partial charge in [0.1, 0.15) is 0 Å². The maximum absolute atomic E-state index is 6.39. The molecule has 0 saturated heterocycles. The molecule has 86 valence electrons. The Hall–Kier alpha value is -0.600. The highest BCUT2D eigenvalue weighted by Gasteiger charge is 2.23. The Morgan fingerprint density at radius 3 is 2.62 bits per heavy atom. The van der Waals surface area contributed by atoms with Gasteiger partial charge >= 0.3 is 0 Å². The van der Waals surface area contributed by atoms with E-state index in [-0.39, 0.29) is 10.8 Å². The third-order valence-electron chi connectivity index (χ3n) is 2.63. The third kappa shape index (κ3) is 2.55. The quantitative estimate of drug-likeness (QED) is 0.719. The summed E-state index contributed by atoms with van der Waals surface area (Å²) in [7, 11) is 0. The van der Waals surface area contributed by atoms with Crippen LogP contribution >= 0.6 is 22.9 Å². The number of benzene rings is 1. The van der Waals surface area contributed by atoms with Gasteiger partial charge in [0.25, 0.3) is 0 Å². The fourth-order valence-electron chi connectivity index (χ4n) is 1.47. The van der Waals surface area contributed by atoms with E-state index in [4.69, 9.17) is 11.6 Å². The molecule has 0 aliphatic rings. The van der Waals surface area contributed by atoms with Crippen LogP contribution in [0.5, 0.6) is 0 Å². The van der Waals surface area contributed by atoms with E-state index >= 15 is 0 Å². The number of nitrogens with zero attached hydrogens (tertiary/aromatic N) is 1. The fraction of sp³-hybridized carbons (Fsp3) is 0.462. The smallest absolute Gasteiger partial charge is 0.0953 e. The van der Waals surface area contributed by atoms with Crippen LogP contribution in [0.2, 0.25) is 0 Å². The zero-order chi connectivity index (χ0) is 11.8. The molecule has 0 bridgehead atoms. The molecule has 16 heavy (non-hydrogen) atoms. The Morgan fingerprint density at radius 1 is 1.31 bits per heavy atom. The molecule has 1 heterocycles. The minimum Gasteiger partial charge on any atom is -0.241 e. The van der Waals surface area contributed by atoms with Crippen LogP contribution in [0.3, 0.4) is 0 Å². The highest BCUT2D eigenvalue weighted by Crippen LogP contribution is 2.30. The second-order valence-electron chi connectivity index (χ2n) is 5.11. The van der Waals surface area contributed by atoms with Crippen LogP contribution in [-0.2, 0) is 6.42 Å². The molecule has 1 atom stereocenters. The average Bonchev–Trinajstić information content (AvgIpc) is 2.58. The van der Waals surface area contributed by atoms with Crippen molar-refractivity contribution in [1.82, 2.24) is 4.98 Å². The van der Waals surface area contributed by atoms with Gasteiger partial charge in [-0.05, 0) is 17.5 Å². The van der Waals surface area contributed by atoms with Crippen molar-refractivity contribution in [3.05, 3.63) is 29.3 Å². The lowest BCUT2D eigenvalue weighted by atomic mass is 9.90. The molecule has 1 nitrogen and oxygen atoms in total. The van der Waals surface area contributed by atoms with Crippen LogP contribution in [0.15, 0.2) is 24.3 Å². The zero-order valence-corrected chi connectivity index (χ0v) is 11.4. The fourth-order valence-corrected chi connectivity index (χ4v) is 2.72. The molecule has 0 fully saturated rings. The van der Waals surface area contributed by atoms with Gasteiger partial charge < -0.3 is 0 Å². The van der Waals surface area contributed by atoms with Crippen molar-refractivity contribution >= 4 is 33.2 Å². The highest BCUT2D eigenvalue weighted by atomic mass is 35.5. The third-order valence-corrected chi connectivity index (χ3v) is 4.50. The topological polar surface area (TPSA) is 12.9 Å². The molecular formula is C13H16ClNS. The molecule has 0 N–H and O–H groups in total. The normalized spacial score (nSPS) is 14.2. The first-order valence-corrected chi connectivity index (χ1v) is 6.70. The average molecular weight is 254 g/mol. The van der Waals surface area contributed by atoms with Crippen molar-refractivity contribution < 1.29 is 0 Å². The van der Waals surface area contributed by atoms with Gasteiger partial charge in [-0.25, -0.2) is 4.98 Å². The largest absolute Gasteiger partial charge is 0.241 e. The minimum atomic E-state index is 0.124. The van der Waals surface area contributed by atoms with Crippen LogP contribution in [0.1, 0.15) is 25.8 Å². The van der Waals surface area contributed by atoms with Gasteiger partial charge in [0.2, 0.25) is 0 Å². The molecule has 0 radical (unpaired) electrons. The van der Waals surface area contributed by atoms with Gasteiger partial charge in [0, 0.05) is 11.8 Å². The first kappa shape index (κ1) is 11.9. The first-order chi connectivity index (χ1) is 7.47. The van der Waals surface area contributed by atoms with Crippen molar-refractivity contribution in [2.45, 2.75) is 32.6 Å². The van der Waals surface area contributed by atoms with Crippen molar-refractivity contribution in [2.75, 3.05) is 0 Å². The summed E-state index contributed by atoms with van der Waals surface area (Å²) in [6, 6.07) is 8.23. The Balaban J connectivity index is 2.22. The Kier molecular flexibility index (Phi) is 3.22. The molecule has 0 aliphatic carbocycles. The molecule has 1 aromatic carbocycles. The standard InChI is InChI=1S/C13H16ClNS/c1-13(2,3)11(14)8-12-15-9-6-4-5-7-10(9)16-12/h4-7,11H,8H2,1-3H3. The number of rotatable bonds is 2. The lowest BCUT2D eigenvalue weighted by Crippen LogP contribution is -2.22. The second-order valence-corrected chi connectivity index (χ2v) is 6.76. The van der Waals surface area contributed by atoms with Crippen LogP contribution in [-0.4, -0.2) is 10.4 Å². The lowest BCUT2D eigenvalue weighted by molar-refractivity contribution is 0.386. The van der Waals surface area contributed by atoms with Crippen LogP contribution in [0.25, 0.3) is 10.2 Å². The molecule has 0 saturated carbocycles. The number of halogens is 1. The predicted molar refractivity (Wildman–Crippen MR) is 72.4 cm³/mol. The lowest BCUT2D eigenvalue weighted by Gasteiger charge is -2.24. The molecule has 2 rings (SSSR count). The summed E-state index contributed by atoms with van der Waals surface area (Å²) in [6.45, 7) is 6.49. The summed E-state index contributed by atoms with van der Waals surface area (Å²) < 4.78 is 1.25. The highest BCUT2D eigenvalue weighted by molar-refractivity contribution is 7.18. The van der Waals surface area contributed by atoms with Gasteiger partial charge in [0.05, 0.1) is 15.2 Å². The number of hydrogen-bond donors (Lipinski definition) is 0. The molecular weight excluding hydrogens is 238 g/mol. The number of thiazole rings is 1. The van der Waals surface area contributed by atoms with Crippen molar-refractivity contribution in [1.29, 1.82) is 0 Å². The monoisotopic (exact) mass is 253 g/mol. The van der Waals surface area contributed by atoms with E-state index in [9.17, 15) is 0 Å². The van der Waals surface area contributed by atoms with Crippen molar-refractivity contribution in [3.8, 4) is 0 Å². The maximum atomic E-state index is 6.39. The molecule has 1 aromatic heterocycles.